The van der Waals surface area contributed by atoms with Crippen LogP contribution in [-0.4, -0.2) is 11.0 Å². The van der Waals surface area contributed by atoms with Gasteiger partial charge in [0, 0.05) is 12.7 Å². The van der Waals surface area contributed by atoms with Crippen molar-refractivity contribution in [3.8, 4) is 12.3 Å². The smallest absolute Gasteiger partial charge is 0.0661 e. The van der Waals surface area contributed by atoms with E-state index in [0.29, 0.717) is 0 Å². The molecule has 1 aromatic rings. The van der Waals surface area contributed by atoms with Crippen LogP contribution in [0.25, 0.3) is 0 Å². The number of hydrogen-bond donors (Lipinski definition) is 1. The van der Waals surface area contributed by atoms with Crippen molar-refractivity contribution in [3.63, 3.8) is 0 Å². The van der Waals surface area contributed by atoms with E-state index in [1.807, 2.05) is 26.0 Å². The van der Waals surface area contributed by atoms with Crippen LogP contribution in [0.5, 0.6) is 0 Å². The van der Waals surface area contributed by atoms with Crippen molar-refractivity contribution in [1.82, 2.24) is 10.3 Å². The normalized spacial score (nSPS) is 12.1. The second-order valence-electron chi connectivity index (χ2n) is 3.04. The van der Waals surface area contributed by atoms with Crippen LogP contribution in [0.2, 0.25) is 0 Å². The fourth-order valence-electron chi connectivity index (χ4n) is 1.01. The van der Waals surface area contributed by atoms with Crippen LogP contribution in [0.1, 0.15) is 18.2 Å². The monoisotopic (exact) mass is 174 g/mol. The van der Waals surface area contributed by atoms with Gasteiger partial charge in [-0.25, -0.2) is 0 Å². The molecule has 0 saturated heterocycles. The fraction of sp³-hybridized carbons (Fsp3) is 0.364. The van der Waals surface area contributed by atoms with Gasteiger partial charge in [0.2, 0.25) is 0 Å². The number of aromatic nitrogens is 1. The molecular formula is C11H14N2. The van der Waals surface area contributed by atoms with Gasteiger partial charge in [-0.2, -0.15) is 0 Å². The van der Waals surface area contributed by atoms with E-state index in [-0.39, 0.29) is 6.04 Å². The Hall–Kier alpha value is -1.33. The highest BCUT2D eigenvalue weighted by Crippen LogP contribution is 2.02. The maximum atomic E-state index is 5.24. The van der Waals surface area contributed by atoms with E-state index in [9.17, 15) is 0 Å². The van der Waals surface area contributed by atoms with Gasteiger partial charge in [-0.3, -0.25) is 10.3 Å². The summed E-state index contributed by atoms with van der Waals surface area (Å²) in [7, 11) is 0. The molecular weight excluding hydrogens is 160 g/mol. The molecule has 1 aromatic heterocycles. The summed E-state index contributed by atoms with van der Waals surface area (Å²) in [6.45, 7) is 4.74. The van der Waals surface area contributed by atoms with Crippen molar-refractivity contribution < 1.29 is 0 Å². The summed E-state index contributed by atoms with van der Waals surface area (Å²) in [5, 5.41) is 3.19. The molecule has 2 heteroatoms. The molecule has 0 aliphatic heterocycles. The zero-order valence-corrected chi connectivity index (χ0v) is 8.04. The van der Waals surface area contributed by atoms with Crippen molar-refractivity contribution >= 4 is 0 Å². The molecule has 0 aromatic carbocycles. The van der Waals surface area contributed by atoms with E-state index >= 15 is 0 Å². The molecule has 13 heavy (non-hydrogen) atoms. The lowest BCUT2D eigenvalue weighted by molar-refractivity contribution is 0.635. The highest BCUT2D eigenvalue weighted by molar-refractivity contribution is 5.17. The first-order chi connectivity index (χ1) is 6.24. The summed E-state index contributed by atoms with van der Waals surface area (Å²) in [5.74, 6) is 2.62. The maximum absolute atomic E-state index is 5.24. The first-order valence-corrected chi connectivity index (χ1v) is 4.34. The van der Waals surface area contributed by atoms with Gasteiger partial charge in [0.15, 0.2) is 0 Å². The molecule has 1 N–H and O–H groups in total. The summed E-state index contributed by atoms with van der Waals surface area (Å²) in [5.41, 5.74) is 2.25. The van der Waals surface area contributed by atoms with E-state index in [0.717, 1.165) is 12.2 Å². The zero-order valence-electron chi connectivity index (χ0n) is 8.04. The molecule has 1 unspecified atom stereocenters. The Kier molecular flexibility index (Phi) is 3.48. The number of aryl methyl sites for hydroxylation is 1. The van der Waals surface area contributed by atoms with Gasteiger partial charge in [0.1, 0.15) is 0 Å². The second kappa shape index (κ2) is 4.64. The van der Waals surface area contributed by atoms with Gasteiger partial charge < -0.3 is 0 Å². The maximum Gasteiger partial charge on any atom is 0.0661 e. The van der Waals surface area contributed by atoms with Gasteiger partial charge in [-0.15, -0.1) is 6.42 Å². The van der Waals surface area contributed by atoms with Gasteiger partial charge >= 0.3 is 0 Å². The first-order valence-electron chi connectivity index (χ1n) is 4.34. The third kappa shape index (κ3) is 2.89. The van der Waals surface area contributed by atoms with Crippen LogP contribution in [0.4, 0.5) is 0 Å². The quantitative estimate of drug-likeness (QED) is 0.702. The molecule has 0 aliphatic rings. The minimum absolute atomic E-state index is 0.0985. The Bertz CT molecular complexity index is 312. The minimum atomic E-state index is 0.0985. The molecule has 0 spiro atoms. The standard InChI is InChI=1S/C11H14N2/c1-4-10(3)13-8-11-9(2)6-5-7-12-11/h1,5-7,10,13H,8H2,2-3H3. The number of hydrogen-bond acceptors (Lipinski definition) is 2. The summed E-state index contributed by atoms with van der Waals surface area (Å²) >= 11 is 0. The van der Waals surface area contributed by atoms with Crippen molar-refractivity contribution in [2.75, 3.05) is 0 Å². The fourth-order valence-corrected chi connectivity index (χ4v) is 1.01. The van der Waals surface area contributed by atoms with Crippen LogP contribution in [-0.2, 0) is 6.54 Å². The van der Waals surface area contributed by atoms with Crippen LogP contribution in [0.3, 0.4) is 0 Å². The Balaban J connectivity index is 2.56. The largest absolute Gasteiger partial charge is 0.298 e. The molecule has 0 aliphatic carbocycles. The predicted octanol–water partition coefficient (Wildman–Crippen LogP) is 1.50. The average molecular weight is 174 g/mol. The van der Waals surface area contributed by atoms with Gasteiger partial charge in [0.25, 0.3) is 0 Å². The Morgan fingerprint density at radius 3 is 3.08 bits per heavy atom. The number of rotatable bonds is 3. The van der Waals surface area contributed by atoms with Crippen LogP contribution in [0.15, 0.2) is 18.3 Å². The van der Waals surface area contributed by atoms with E-state index in [1.165, 1.54) is 5.56 Å². The van der Waals surface area contributed by atoms with Crippen molar-refractivity contribution in [1.29, 1.82) is 0 Å². The number of nitrogens with zero attached hydrogens (tertiary/aromatic N) is 1. The molecule has 0 fully saturated rings. The molecule has 1 atom stereocenters. The highest BCUT2D eigenvalue weighted by atomic mass is 14.9. The zero-order chi connectivity index (χ0) is 9.68. The average Bonchev–Trinajstić information content (AvgIpc) is 2.16. The minimum Gasteiger partial charge on any atom is -0.298 e. The van der Waals surface area contributed by atoms with E-state index in [1.54, 1.807) is 6.20 Å². The lowest BCUT2D eigenvalue weighted by Crippen LogP contribution is -2.24. The van der Waals surface area contributed by atoms with Crippen LogP contribution >= 0.6 is 0 Å². The number of pyridine rings is 1. The summed E-state index contributed by atoms with van der Waals surface area (Å²) < 4.78 is 0. The summed E-state index contributed by atoms with van der Waals surface area (Å²) in [4.78, 5) is 4.25. The lowest BCUT2D eigenvalue weighted by atomic mass is 10.2. The predicted molar refractivity (Wildman–Crippen MR) is 54.1 cm³/mol. The van der Waals surface area contributed by atoms with Gasteiger partial charge in [0.05, 0.1) is 11.7 Å². The summed E-state index contributed by atoms with van der Waals surface area (Å²) in [6, 6.07) is 4.08. The Morgan fingerprint density at radius 1 is 1.69 bits per heavy atom. The van der Waals surface area contributed by atoms with Crippen molar-refractivity contribution in [3.05, 3.63) is 29.6 Å². The molecule has 0 saturated carbocycles. The molecule has 1 rings (SSSR count). The third-order valence-corrected chi connectivity index (χ3v) is 1.94. The van der Waals surface area contributed by atoms with E-state index < -0.39 is 0 Å². The second-order valence-corrected chi connectivity index (χ2v) is 3.04. The molecule has 0 radical (unpaired) electrons. The van der Waals surface area contributed by atoms with Crippen LogP contribution < -0.4 is 5.32 Å². The van der Waals surface area contributed by atoms with Crippen LogP contribution in [0, 0.1) is 19.3 Å². The van der Waals surface area contributed by atoms with Gasteiger partial charge in [-0.1, -0.05) is 12.0 Å². The first kappa shape index (κ1) is 9.76. The topological polar surface area (TPSA) is 24.9 Å². The molecule has 0 bridgehead atoms. The summed E-state index contributed by atoms with van der Waals surface area (Å²) in [6.07, 6.45) is 7.04. The lowest BCUT2D eigenvalue weighted by Gasteiger charge is -2.08. The van der Waals surface area contributed by atoms with E-state index in [4.69, 9.17) is 6.42 Å². The molecule has 68 valence electrons. The van der Waals surface area contributed by atoms with Gasteiger partial charge in [-0.05, 0) is 25.5 Å². The highest BCUT2D eigenvalue weighted by Gasteiger charge is 1.99. The Labute approximate surface area is 79.4 Å². The Morgan fingerprint density at radius 2 is 2.46 bits per heavy atom. The molecule has 2 nitrogen and oxygen atoms in total. The van der Waals surface area contributed by atoms with Crippen molar-refractivity contribution in [2.45, 2.75) is 26.4 Å². The van der Waals surface area contributed by atoms with E-state index in [2.05, 4.69) is 16.2 Å². The number of terminal acetylenes is 1. The SMILES string of the molecule is C#CC(C)NCc1ncccc1C. The van der Waals surface area contributed by atoms with Crippen molar-refractivity contribution in [2.24, 2.45) is 0 Å². The third-order valence-electron chi connectivity index (χ3n) is 1.94. The molecule has 1 heterocycles. The number of nitrogens with one attached hydrogen (secondary N) is 1. The molecule has 0 amide bonds.